The van der Waals surface area contributed by atoms with Gasteiger partial charge in [0.25, 0.3) is 10.2 Å². The number of anilines is 1. The summed E-state index contributed by atoms with van der Waals surface area (Å²) in [6, 6.07) is 1.53. The van der Waals surface area contributed by atoms with Crippen LogP contribution >= 0.6 is 27.5 Å². The van der Waals surface area contributed by atoms with E-state index >= 15 is 0 Å². The van der Waals surface area contributed by atoms with Crippen LogP contribution in [0.2, 0.25) is 5.15 Å². The van der Waals surface area contributed by atoms with Gasteiger partial charge >= 0.3 is 0 Å². The van der Waals surface area contributed by atoms with Gasteiger partial charge in [-0.25, -0.2) is 4.98 Å². The predicted molar refractivity (Wildman–Crippen MR) is 63.2 cm³/mol. The molecule has 1 heterocycles. The molecule has 5 nitrogen and oxygen atoms in total. The number of rotatable bonds is 4. The summed E-state index contributed by atoms with van der Waals surface area (Å²) in [5.74, 6) is 0. The number of hydrogen-bond donors (Lipinski definition) is 2. The van der Waals surface area contributed by atoms with Crippen molar-refractivity contribution in [2.45, 2.75) is 6.92 Å². The number of hydrogen-bond acceptors (Lipinski definition) is 3. The molecule has 0 unspecified atom stereocenters. The average Bonchev–Trinajstić information content (AvgIpc) is 2.10. The van der Waals surface area contributed by atoms with E-state index < -0.39 is 10.2 Å². The van der Waals surface area contributed by atoms with Gasteiger partial charge in [0.2, 0.25) is 0 Å². The maximum absolute atomic E-state index is 11.3. The van der Waals surface area contributed by atoms with Crippen LogP contribution < -0.4 is 9.44 Å². The monoisotopic (exact) mass is 313 g/mol. The van der Waals surface area contributed by atoms with Crippen LogP contribution in [0.5, 0.6) is 0 Å². The summed E-state index contributed by atoms with van der Waals surface area (Å²) in [4.78, 5) is 3.79. The molecule has 0 amide bonds. The predicted octanol–water partition coefficient (Wildman–Crippen LogP) is 1.76. The van der Waals surface area contributed by atoms with Crippen molar-refractivity contribution in [3.8, 4) is 0 Å². The second-order valence-electron chi connectivity index (χ2n) is 2.60. The smallest absolute Gasteiger partial charge is 0.269 e. The van der Waals surface area contributed by atoms with Crippen molar-refractivity contribution in [1.82, 2.24) is 9.71 Å². The molecule has 1 aromatic heterocycles. The fourth-order valence-corrected chi connectivity index (χ4v) is 2.18. The summed E-state index contributed by atoms with van der Waals surface area (Å²) >= 11 is 8.81. The maximum atomic E-state index is 11.3. The molecule has 0 saturated heterocycles. The Hall–Kier alpha value is -0.370. The molecule has 0 aliphatic carbocycles. The quantitative estimate of drug-likeness (QED) is 0.832. The third kappa shape index (κ3) is 3.94. The standard InChI is InChI=1S/C7H9BrClN3O2S/c1-2-11-15(13,14)12-5-3-6(8)7(9)10-4-5/h3-4,11-12H,2H2,1H3. The van der Waals surface area contributed by atoms with Gasteiger partial charge in [0, 0.05) is 6.54 Å². The van der Waals surface area contributed by atoms with Gasteiger partial charge in [-0.15, -0.1) is 0 Å². The van der Waals surface area contributed by atoms with Crippen LogP contribution in [0.3, 0.4) is 0 Å². The van der Waals surface area contributed by atoms with E-state index in [4.69, 9.17) is 11.6 Å². The van der Waals surface area contributed by atoms with Crippen LogP contribution in [0.15, 0.2) is 16.7 Å². The summed E-state index contributed by atoms with van der Waals surface area (Å²) in [5, 5.41) is 0.279. The zero-order valence-corrected chi connectivity index (χ0v) is 10.9. The van der Waals surface area contributed by atoms with Gasteiger partial charge in [0.05, 0.1) is 16.4 Å². The first-order chi connectivity index (χ1) is 6.94. The maximum Gasteiger partial charge on any atom is 0.299 e. The molecule has 1 aromatic rings. The first-order valence-electron chi connectivity index (χ1n) is 4.03. The van der Waals surface area contributed by atoms with Crippen LogP contribution in [-0.2, 0) is 10.2 Å². The second-order valence-corrected chi connectivity index (χ2v) is 5.31. The van der Waals surface area contributed by atoms with E-state index in [1.54, 1.807) is 6.92 Å². The van der Waals surface area contributed by atoms with Crippen molar-refractivity contribution in [3.05, 3.63) is 21.9 Å². The van der Waals surface area contributed by atoms with Gasteiger partial charge in [0.15, 0.2) is 0 Å². The molecule has 8 heteroatoms. The van der Waals surface area contributed by atoms with Crippen molar-refractivity contribution in [3.63, 3.8) is 0 Å². The fraction of sp³-hybridized carbons (Fsp3) is 0.286. The third-order valence-electron chi connectivity index (χ3n) is 1.38. The van der Waals surface area contributed by atoms with E-state index in [1.165, 1.54) is 12.3 Å². The zero-order chi connectivity index (χ0) is 11.5. The first kappa shape index (κ1) is 12.7. The molecule has 84 valence electrons. The van der Waals surface area contributed by atoms with Crippen LogP contribution in [0.1, 0.15) is 6.92 Å². The molecule has 0 fully saturated rings. The third-order valence-corrected chi connectivity index (χ3v) is 3.69. The van der Waals surface area contributed by atoms with Gasteiger partial charge in [-0.2, -0.15) is 13.1 Å². The van der Waals surface area contributed by atoms with E-state index in [9.17, 15) is 8.42 Å². The van der Waals surface area contributed by atoms with Gasteiger partial charge in [-0.1, -0.05) is 18.5 Å². The Labute approximate surface area is 102 Å². The van der Waals surface area contributed by atoms with Crippen molar-refractivity contribution in [2.24, 2.45) is 0 Å². The molecule has 0 aliphatic rings. The SMILES string of the molecule is CCNS(=O)(=O)Nc1cnc(Cl)c(Br)c1. The van der Waals surface area contributed by atoms with Crippen molar-refractivity contribution >= 4 is 43.4 Å². The topological polar surface area (TPSA) is 71.1 Å². The summed E-state index contributed by atoms with van der Waals surface area (Å²) in [7, 11) is -3.52. The zero-order valence-electron chi connectivity index (χ0n) is 7.79. The largest absolute Gasteiger partial charge is 0.299 e. The number of pyridine rings is 1. The highest BCUT2D eigenvalue weighted by molar-refractivity contribution is 9.10. The molecule has 0 atom stereocenters. The minimum atomic E-state index is -3.52. The Morgan fingerprint density at radius 2 is 2.27 bits per heavy atom. The molecule has 1 rings (SSSR count). The van der Waals surface area contributed by atoms with E-state index in [0.717, 1.165) is 0 Å². The number of nitrogens with one attached hydrogen (secondary N) is 2. The number of halogens is 2. The van der Waals surface area contributed by atoms with Crippen LogP contribution in [-0.4, -0.2) is 19.9 Å². The Balaban J connectivity index is 2.86. The van der Waals surface area contributed by atoms with Gasteiger partial charge in [-0.05, 0) is 22.0 Å². The molecular formula is C7H9BrClN3O2S. The molecular weight excluding hydrogens is 306 g/mol. The Morgan fingerprint density at radius 3 is 2.80 bits per heavy atom. The second kappa shape index (κ2) is 5.11. The van der Waals surface area contributed by atoms with E-state index in [2.05, 4.69) is 30.4 Å². The normalized spacial score (nSPS) is 11.4. The lowest BCUT2D eigenvalue weighted by Gasteiger charge is -2.07. The van der Waals surface area contributed by atoms with Gasteiger partial charge in [-0.3, -0.25) is 4.72 Å². The summed E-state index contributed by atoms with van der Waals surface area (Å²) in [6.45, 7) is 2.01. The Morgan fingerprint density at radius 1 is 1.60 bits per heavy atom. The van der Waals surface area contributed by atoms with Crippen molar-refractivity contribution in [2.75, 3.05) is 11.3 Å². The Bertz CT molecular complexity index is 452. The molecule has 15 heavy (non-hydrogen) atoms. The highest BCUT2D eigenvalue weighted by Crippen LogP contribution is 2.23. The highest BCUT2D eigenvalue weighted by Gasteiger charge is 2.09. The lowest BCUT2D eigenvalue weighted by atomic mass is 10.4. The van der Waals surface area contributed by atoms with E-state index in [0.29, 0.717) is 16.7 Å². The molecule has 0 spiro atoms. The highest BCUT2D eigenvalue weighted by atomic mass is 79.9. The van der Waals surface area contributed by atoms with Crippen LogP contribution in [0.25, 0.3) is 0 Å². The summed E-state index contributed by atoms with van der Waals surface area (Å²) in [6.07, 6.45) is 1.34. The van der Waals surface area contributed by atoms with E-state index in [-0.39, 0.29) is 5.15 Å². The van der Waals surface area contributed by atoms with Gasteiger partial charge in [0.1, 0.15) is 5.15 Å². The summed E-state index contributed by atoms with van der Waals surface area (Å²) < 4.78 is 27.7. The minimum Gasteiger partial charge on any atom is -0.269 e. The average molecular weight is 315 g/mol. The van der Waals surface area contributed by atoms with E-state index in [1.807, 2.05) is 0 Å². The lowest BCUT2D eigenvalue weighted by Crippen LogP contribution is -2.29. The molecule has 2 N–H and O–H groups in total. The number of aromatic nitrogens is 1. The Kier molecular flexibility index (Phi) is 4.32. The van der Waals surface area contributed by atoms with Crippen LogP contribution in [0, 0.1) is 0 Å². The van der Waals surface area contributed by atoms with Gasteiger partial charge < -0.3 is 0 Å². The lowest BCUT2D eigenvalue weighted by molar-refractivity contribution is 0.589. The number of nitrogens with zero attached hydrogens (tertiary/aromatic N) is 1. The molecule has 0 aliphatic heterocycles. The fourth-order valence-electron chi connectivity index (χ4n) is 0.858. The van der Waals surface area contributed by atoms with Crippen molar-refractivity contribution in [1.29, 1.82) is 0 Å². The van der Waals surface area contributed by atoms with Crippen molar-refractivity contribution < 1.29 is 8.42 Å². The molecule has 0 radical (unpaired) electrons. The first-order valence-corrected chi connectivity index (χ1v) is 6.68. The molecule has 0 aromatic carbocycles. The summed E-state index contributed by atoms with van der Waals surface area (Å²) in [5.41, 5.74) is 0.340. The molecule has 0 bridgehead atoms. The van der Waals surface area contributed by atoms with Crippen LogP contribution in [0.4, 0.5) is 5.69 Å². The molecule has 0 saturated carbocycles. The minimum absolute atomic E-state index is 0.279.